The molecule has 130 valence electrons. The number of aromatic nitrogens is 1. The first kappa shape index (κ1) is 17.7. The Morgan fingerprint density at radius 3 is 2.67 bits per heavy atom. The van der Waals surface area contributed by atoms with Gasteiger partial charge in [-0.15, -0.1) is 0 Å². The predicted molar refractivity (Wildman–Crippen MR) is 84.8 cm³/mol. The molecule has 0 amide bonds. The van der Waals surface area contributed by atoms with E-state index in [4.69, 9.17) is 9.26 Å². The maximum Gasteiger partial charge on any atom is 0.343 e. The van der Waals surface area contributed by atoms with Crippen LogP contribution >= 0.6 is 0 Å². The highest BCUT2D eigenvalue weighted by Crippen LogP contribution is 2.33. The van der Waals surface area contributed by atoms with E-state index in [-0.39, 0.29) is 22.9 Å². The number of carboxylic acid groups (broad SMARTS) is 1. The molecule has 0 aliphatic rings. The zero-order valence-electron chi connectivity index (χ0n) is 13.8. The largest absolute Gasteiger partial charge is 0.494 e. The molecule has 2 rings (SSSR count). The first-order chi connectivity index (χ1) is 11.1. The summed E-state index contributed by atoms with van der Waals surface area (Å²) in [4.78, 5) is 11.6. The fourth-order valence-electron chi connectivity index (χ4n) is 1.97. The van der Waals surface area contributed by atoms with E-state index in [1.165, 1.54) is 19.2 Å². The summed E-state index contributed by atoms with van der Waals surface area (Å²) < 4.78 is 23.6. The number of ether oxygens (including phenoxy) is 1. The topological polar surface area (TPSA) is 105 Å². The van der Waals surface area contributed by atoms with Crippen LogP contribution in [-0.2, 0) is 0 Å². The number of benzene rings is 1. The van der Waals surface area contributed by atoms with E-state index in [1.807, 2.05) is 0 Å². The van der Waals surface area contributed by atoms with Crippen molar-refractivity contribution in [1.29, 1.82) is 0 Å². The highest BCUT2D eigenvalue weighted by atomic mass is 19.1. The van der Waals surface area contributed by atoms with Crippen molar-refractivity contribution in [2.45, 2.75) is 32.4 Å². The quantitative estimate of drug-likeness (QED) is 0.744. The highest BCUT2D eigenvalue weighted by molar-refractivity contribution is 5.99. The van der Waals surface area contributed by atoms with Gasteiger partial charge in [0, 0.05) is 5.56 Å². The number of halogens is 1. The van der Waals surface area contributed by atoms with Crippen LogP contribution in [0, 0.1) is 5.82 Å². The molecule has 0 aliphatic carbocycles. The zero-order chi connectivity index (χ0) is 18.1. The minimum atomic E-state index is -1.26. The Labute approximate surface area is 138 Å². The van der Waals surface area contributed by atoms with Crippen molar-refractivity contribution >= 4 is 11.8 Å². The minimum absolute atomic E-state index is 0.0181. The first-order valence-electron chi connectivity index (χ1n) is 7.21. The van der Waals surface area contributed by atoms with Gasteiger partial charge in [0.1, 0.15) is 0 Å². The monoisotopic (exact) mass is 338 g/mol. The summed E-state index contributed by atoms with van der Waals surface area (Å²) in [6.45, 7) is 4.84. The number of aromatic carboxylic acids is 1. The lowest BCUT2D eigenvalue weighted by Gasteiger charge is -2.26. The average Bonchev–Trinajstić information content (AvgIpc) is 2.90. The molecule has 7 nitrogen and oxygen atoms in total. The van der Waals surface area contributed by atoms with Gasteiger partial charge in [-0.3, -0.25) is 0 Å². The summed E-state index contributed by atoms with van der Waals surface area (Å²) in [5, 5.41) is 26.0. The summed E-state index contributed by atoms with van der Waals surface area (Å²) in [5.41, 5.74) is -1.00. The molecule has 1 aromatic carbocycles. The minimum Gasteiger partial charge on any atom is -0.494 e. The van der Waals surface area contributed by atoms with Gasteiger partial charge in [-0.2, -0.15) is 0 Å². The third kappa shape index (κ3) is 3.48. The van der Waals surface area contributed by atoms with Gasteiger partial charge in [0.2, 0.25) is 0 Å². The lowest BCUT2D eigenvalue weighted by Crippen LogP contribution is -2.39. The van der Waals surface area contributed by atoms with E-state index in [2.05, 4.69) is 10.5 Å². The normalized spacial score (nSPS) is 12.8. The third-order valence-electron chi connectivity index (χ3n) is 3.73. The number of rotatable bonds is 6. The number of carboxylic acids is 1. The third-order valence-corrected chi connectivity index (χ3v) is 3.73. The molecule has 2 aromatic rings. The summed E-state index contributed by atoms with van der Waals surface area (Å²) in [6.07, 6.45) is 0. The maximum atomic E-state index is 13.5. The lowest BCUT2D eigenvalue weighted by molar-refractivity contribution is 0.0639. The van der Waals surface area contributed by atoms with Crippen LogP contribution in [0.2, 0.25) is 0 Å². The van der Waals surface area contributed by atoms with Crippen LogP contribution in [0.4, 0.5) is 10.2 Å². The molecular formula is C16H19FN2O5. The Morgan fingerprint density at radius 2 is 2.12 bits per heavy atom. The van der Waals surface area contributed by atoms with Gasteiger partial charge in [0.25, 0.3) is 0 Å². The van der Waals surface area contributed by atoms with E-state index in [0.717, 1.165) is 6.07 Å². The molecule has 24 heavy (non-hydrogen) atoms. The molecule has 0 spiro atoms. The summed E-state index contributed by atoms with van der Waals surface area (Å²) in [6, 6.07) is 3.35. The van der Waals surface area contributed by atoms with E-state index in [1.54, 1.807) is 20.8 Å². The van der Waals surface area contributed by atoms with E-state index < -0.39 is 23.4 Å². The molecule has 1 heterocycles. The smallest absolute Gasteiger partial charge is 0.343 e. The van der Waals surface area contributed by atoms with Gasteiger partial charge in [0.05, 0.1) is 18.8 Å². The lowest BCUT2D eigenvalue weighted by atomic mass is 10.0. The van der Waals surface area contributed by atoms with E-state index in [0.29, 0.717) is 5.56 Å². The van der Waals surface area contributed by atoms with Crippen LogP contribution < -0.4 is 10.1 Å². The maximum absolute atomic E-state index is 13.5. The summed E-state index contributed by atoms with van der Waals surface area (Å²) >= 11 is 0. The molecule has 1 atom stereocenters. The van der Waals surface area contributed by atoms with Crippen LogP contribution in [0.25, 0.3) is 11.3 Å². The van der Waals surface area contributed by atoms with Crippen molar-refractivity contribution in [2.75, 3.05) is 12.4 Å². The molecule has 0 radical (unpaired) electrons. The van der Waals surface area contributed by atoms with Gasteiger partial charge < -0.3 is 24.8 Å². The number of hydrogen-bond donors (Lipinski definition) is 3. The van der Waals surface area contributed by atoms with Crippen molar-refractivity contribution in [1.82, 2.24) is 5.16 Å². The zero-order valence-corrected chi connectivity index (χ0v) is 13.8. The number of methoxy groups -OCH3 is 1. The fourth-order valence-corrected chi connectivity index (χ4v) is 1.97. The van der Waals surface area contributed by atoms with Crippen LogP contribution in [0.1, 0.15) is 31.1 Å². The predicted octanol–water partition coefficient (Wildman–Crippen LogP) is 2.76. The molecule has 0 bridgehead atoms. The van der Waals surface area contributed by atoms with Crippen LogP contribution in [-0.4, -0.2) is 40.1 Å². The van der Waals surface area contributed by atoms with Gasteiger partial charge in [-0.1, -0.05) is 5.16 Å². The Bertz CT molecular complexity index is 751. The summed E-state index contributed by atoms with van der Waals surface area (Å²) in [5.74, 6) is -1.94. The number of nitrogens with one attached hydrogen (secondary N) is 1. The summed E-state index contributed by atoms with van der Waals surface area (Å²) in [7, 11) is 1.30. The van der Waals surface area contributed by atoms with Crippen LogP contribution in [0.5, 0.6) is 5.75 Å². The second-order valence-corrected chi connectivity index (χ2v) is 5.91. The standard InChI is InChI=1S/C16H19FN2O5/c1-8(16(2,3)22)18-14-12(15(20)21)13(24-19-14)9-5-6-10(17)11(7-9)23-4/h5-8,22H,1-4H3,(H,18,19)(H,20,21). The van der Waals surface area contributed by atoms with Crippen LogP contribution in [0.15, 0.2) is 22.7 Å². The van der Waals surface area contributed by atoms with E-state index in [9.17, 15) is 19.4 Å². The van der Waals surface area contributed by atoms with Gasteiger partial charge >= 0.3 is 5.97 Å². The van der Waals surface area contributed by atoms with Gasteiger partial charge in [-0.05, 0) is 39.0 Å². The van der Waals surface area contributed by atoms with Gasteiger partial charge in [0.15, 0.2) is 28.7 Å². The number of anilines is 1. The Balaban J connectivity index is 2.48. The Hall–Kier alpha value is -2.61. The van der Waals surface area contributed by atoms with Crippen LogP contribution in [0.3, 0.4) is 0 Å². The molecule has 0 fully saturated rings. The van der Waals surface area contributed by atoms with Crippen molar-refractivity contribution < 1.29 is 28.7 Å². The highest BCUT2D eigenvalue weighted by Gasteiger charge is 2.29. The number of carbonyl (C=O) groups is 1. The van der Waals surface area contributed by atoms with Crippen molar-refractivity contribution in [3.8, 4) is 17.1 Å². The number of hydrogen-bond acceptors (Lipinski definition) is 6. The molecule has 1 unspecified atom stereocenters. The molecule has 0 saturated heterocycles. The molecular weight excluding hydrogens is 319 g/mol. The van der Waals surface area contributed by atoms with Crippen molar-refractivity contribution in [3.63, 3.8) is 0 Å². The molecule has 3 N–H and O–H groups in total. The average molecular weight is 338 g/mol. The van der Waals surface area contributed by atoms with Gasteiger partial charge in [-0.25, -0.2) is 9.18 Å². The Kier molecular flexibility index (Phi) is 4.79. The number of nitrogens with zero attached hydrogens (tertiary/aromatic N) is 1. The molecule has 0 saturated carbocycles. The first-order valence-corrected chi connectivity index (χ1v) is 7.21. The van der Waals surface area contributed by atoms with E-state index >= 15 is 0 Å². The van der Waals surface area contributed by atoms with Crippen molar-refractivity contribution in [3.05, 3.63) is 29.6 Å². The molecule has 8 heteroatoms. The Morgan fingerprint density at radius 1 is 1.46 bits per heavy atom. The molecule has 1 aromatic heterocycles. The number of aliphatic hydroxyl groups is 1. The SMILES string of the molecule is COc1cc(-c2onc(NC(C)C(C)(C)O)c2C(=O)O)ccc1F. The second-order valence-electron chi connectivity index (χ2n) is 5.91. The molecule has 0 aliphatic heterocycles. The fraction of sp³-hybridized carbons (Fsp3) is 0.375. The van der Waals surface area contributed by atoms with Crippen molar-refractivity contribution in [2.24, 2.45) is 0 Å². The second kappa shape index (κ2) is 6.48.